The highest BCUT2D eigenvalue weighted by Gasteiger charge is 2.29. The van der Waals surface area contributed by atoms with Crippen molar-refractivity contribution in [2.75, 3.05) is 0 Å². The van der Waals surface area contributed by atoms with Gasteiger partial charge in [-0.2, -0.15) is 0 Å². The van der Waals surface area contributed by atoms with Gasteiger partial charge in [-0.25, -0.2) is 0 Å². The zero-order valence-electron chi connectivity index (χ0n) is 8.13. The van der Waals surface area contributed by atoms with Gasteiger partial charge in [-0.3, -0.25) is 0 Å². The highest BCUT2D eigenvalue weighted by molar-refractivity contribution is 6.01. The molecule has 0 saturated heterocycles. The first-order chi connectivity index (χ1) is 5.52. The molecule has 0 spiro atoms. The Morgan fingerprint density at radius 3 is 2.17 bits per heavy atom. The van der Waals surface area contributed by atoms with E-state index in [9.17, 15) is 4.39 Å². The van der Waals surface area contributed by atoms with E-state index in [1.165, 1.54) is 4.68 Å². The number of hydrazone groups is 1. The summed E-state index contributed by atoms with van der Waals surface area (Å²) in [6.07, 6.45) is 0.399. The Kier molecular flexibility index (Phi) is 2.60. The van der Waals surface area contributed by atoms with Crippen molar-refractivity contribution in [2.24, 2.45) is 11.0 Å². The first-order valence-electron chi connectivity index (χ1n) is 4.40. The van der Waals surface area contributed by atoms with Crippen LogP contribution in [0.2, 0.25) is 0 Å². The van der Waals surface area contributed by atoms with Crippen LogP contribution in [0.1, 0.15) is 34.1 Å². The maximum Gasteiger partial charge on any atom is 0.365 e. The second-order valence-corrected chi connectivity index (χ2v) is 3.74. The number of halogens is 1. The molecule has 3 heteroatoms. The second-order valence-electron chi connectivity index (χ2n) is 3.74. The third-order valence-electron chi connectivity index (χ3n) is 1.97. The van der Waals surface area contributed by atoms with E-state index in [2.05, 4.69) is 5.10 Å². The Morgan fingerprint density at radius 1 is 1.33 bits per heavy atom. The van der Waals surface area contributed by atoms with E-state index in [1.807, 2.05) is 27.7 Å². The van der Waals surface area contributed by atoms with Crippen LogP contribution in [0, 0.1) is 5.92 Å². The van der Waals surface area contributed by atoms with Crippen molar-refractivity contribution in [3.05, 3.63) is 0 Å². The number of rotatable bonds is 2. The molecule has 0 saturated carbocycles. The molecule has 0 aromatic rings. The van der Waals surface area contributed by atoms with E-state index in [4.69, 9.17) is 0 Å². The average Bonchev–Trinajstić information content (AvgIpc) is 2.30. The average molecular weight is 171 g/mol. The summed E-state index contributed by atoms with van der Waals surface area (Å²) >= 11 is 0. The lowest BCUT2D eigenvalue weighted by molar-refractivity contribution is -0.566. The monoisotopic (exact) mass is 171 g/mol. The van der Waals surface area contributed by atoms with E-state index in [0.29, 0.717) is 12.3 Å². The highest BCUT2D eigenvalue weighted by Crippen LogP contribution is 2.12. The molecule has 0 fully saturated rings. The van der Waals surface area contributed by atoms with E-state index in [1.54, 1.807) is 0 Å². The fraction of sp³-hybridized carbons (Fsp3) is 0.778. The molecule has 0 aliphatic carbocycles. The molecule has 68 valence electrons. The van der Waals surface area contributed by atoms with Crippen LogP contribution in [0.5, 0.6) is 0 Å². The van der Waals surface area contributed by atoms with Crippen molar-refractivity contribution < 1.29 is 9.07 Å². The second kappa shape index (κ2) is 3.33. The van der Waals surface area contributed by atoms with Gasteiger partial charge in [0.15, 0.2) is 6.04 Å². The van der Waals surface area contributed by atoms with E-state index >= 15 is 0 Å². The lowest BCUT2D eigenvalue weighted by Crippen LogP contribution is -2.16. The molecule has 0 unspecified atom stereocenters. The van der Waals surface area contributed by atoms with Crippen LogP contribution < -0.4 is 0 Å². The van der Waals surface area contributed by atoms with Crippen LogP contribution in [0.15, 0.2) is 5.10 Å². The van der Waals surface area contributed by atoms with Crippen molar-refractivity contribution in [1.82, 2.24) is 0 Å². The van der Waals surface area contributed by atoms with E-state index in [0.717, 1.165) is 5.71 Å². The van der Waals surface area contributed by atoms with Crippen molar-refractivity contribution in [3.8, 4) is 0 Å². The topological polar surface area (TPSA) is 15.4 Å². The predicted molar refractivity (Wildman–Crippen MR) is 48.4 cm³/mol. The van der Waals surface area contributed by atoms with Crippen LogP contribution in [-0.4, -0.2) is 22.4 Å². The van der Waals surface area contributed by atoms with Crippen LogP contribution >= 0.6 is 0 Å². The molecule has 0 aromatic heterocycles. The molecule has 1 heterocycles. The maximum atomic E-state index is 13.2. The molecule has 12 heavy (non-hydrogen) atoms. The fourth-order valence-electron chi connectivity index (χ4n) is 1.17. The van der Waals surface area contributed by atoms with Gasteiger partial charge in [0.2, 0.25) is 0 Å². The molecule has 0 aromatic carbocycles. The minimum absolute atomic E-state index is 0.117. The quantitative estimate of drug-likeness (QED) is 0.566. The summed E-state index contributed by atoms with van der Waals surface area (Å²) in [6.45, 7) is 7.95. The summed E-state index contributed by atoms with van der Waals surface area (Å²) in [6, 6.07) is 0.126. The number of hydrogen-bond donors (Lipinski definition) is 0. The highest BCUT2D eigenvalue weighted by atomic mass is 19.1. The summed E-state index contributed by atoms with van der Waals surface area (Å²) in [7, 11) is 0. The van der Waals surface area contributed by atoms with Gasteiger partial charge in [-0.15, -0.1) is 4.39 Å². The van der Waals surface area contributed by atoms with Gasteiger partial charge in [0.25, 0.3) is 0 Å². The number of hydrogen-bond acceptors (Lipinski definition) is 1. The Hall–Kier alpha value is -0.730. The normalized spacial score (nSPS) is 18.1. The first kappa shape index (κ1) is 9.36. The zero-order valence-corrected chi connectivity index (χ0v) is 8.13. The molecule has 0 N–H and O–H groups in total. The number of nitrogens with zero attached hydrogens (tertiary/aromatic N) is 2. The maximum absolute atomic E-state index is 13.2. The third kappa shape index (κ3) is 1.71. The Morgan fingerprint density at radius 2 is 1.92 bits per heavy atom. The van der Waals surface area contributed by atoms with Gasteiger partial charge in [0.05, 0.1) is 0 Å². The standard InChI is InChI=1S/C9H16FN2/c1-6(2)8-5-9(10)12(11-8)7(3)4/h6-7H,5H2,1-4H3/q+1. The lowest BCUT2D eigenvalue weighted by atomic mass is 10.1. The van der Waals surface area contributed by atoms with E-state index < -0.39 is 0 Å². The molecule has 0 radical (unpaired) electrons. The van der Waals surface area contributed by atoms with Gasteiger partial charge in [-0.1, -0.05) is 18.5 Å². The summed E-state index contributed by atoms with van der Waals surface area (Å²) in [4.78, 5) is 0. The molecule has 1 rings (SSSR count). The minimum atomic E-state index is -0.117. The van der Waals surface area contributed by atoms with Crippen molar-refractivity contribution in [1.29, 1.82) is 0 Å². The van der Waals surface area contributed by atoms with Crippen LogP contribution in [-0.2, 0) is 0 Å². The molecule has 0 amide bonds. The zero-order chi connectivity index (χ0) is 9.30. The molecule has 1 aliphatic heterocycles. The molecule has 1 aliphatic rings. The van der Waals surface area contributed by atoms with Gasteiger partial charge < -0.3 is 0 Å². The summed E-state index contributed by atoms with van der Waals surface area (Å²) in [5.74, 6) is 0.230. The Balaban J connectivity index is 2.79. The van der Waals surface area contributed by atoms with Gasteiger partial charge in [0.1, 0.15) is 12.1 Å². The SMILES string of the molecule is CC(C)C1=N[N+](C(C)C)=C(F)C1. The largest absolute Gasteiger partial charge is 0.365 e. The Bertz CT molecular complexity index is 239. The van der Waals surface area contributed by atoms with Crippen molar-refractivity contribution in [2.45, 2.75) is 40.2 Å². The van der Waals surface area contributed by atoms with E-state index in [-0.39, 0.29) is 12.0 Å². The summed E-state index contributed by atoms with van der Waals surface area (Å²) in [5.41, 5.74) is 0.946. The molecule has 2 nitrogen and oxygen atoms in total. The van der Waals surface area contributed by atoms with Crippen molar-refractivity contribution >= 4 is 11.7 Å². The van der Waals surface area contributed by atoms with Gasteiger partial charge in [0, 0.05) is 0 Å². The molecular weight excluding hydrogens is 155 g/mol. The fourth-order valence-corrected chi connectivity index (χ4v) is 1.17. The predicted octanol–water partition coefficient (Wildman–Crippen LogP) is 2.19. The smallest absolute Gasteiger partial charge is 0.138 e. The molecular formula is C9H16FN2+. The summed E-state index contributed by atoms with van der Waals surface area (Å²) in [5, 5.41) is 4.21. The summed E-state index contributed by atoms with van der Waals surface area (Å²) < 4.78 is 14.6. The first-order valence-corrected chi connectivity index (χ1v) is 4.40. The van der Waals surface area contributed by atoms with Gasteiger partial charge in [-0.05, 0) is 24.9 Å². The van der Waals surface area contributed by atoms with Crippen LogP contribution in [0.25, 0.3) is 0 Å². The third-order valence-corrected chi connectivity index (χ3v) is 1.97. The molecule has 0 atom stereocenters. The van der Waals surface area contributed by atoms with Crippen LogP contribution in [0.4, 0.5) is 4.39 Å². The Labute approximate surface area is 72.8 Å². The van der Waals surface area contributed by atoms with Gasteiger partial charge >= 0.3 is 5.97 Å². The molecule has 0 bridgehead atoms. The minimum Gasteiger partial charge on any atom is -0.138 e. The van der Waals surface area contributed by atoms with Crippen molar-refractivity contribution in [3.63, 3.8) is 0 Å². The van der Waals surface area contributed by atoms with Crippen LogP contribution in [0.3, 0.4) is 0 Å². The lowest BCUT2D eigenvalue weighted by Gasteiger charge is -1.97.